The Kier molecular flexibility index (Phi) is 7.03. The van der Waals surface area contributed by atoms with Gasteiger partial charge < -0.3 is 10.2 Å². The van der Waals surface area contributed by atoms with Gasteiger partial charge in [-0.3, -0.25) is 14.7 Å². The van der Waals surface area contributed by atoms with E-state index >= 15 is 0 Å². The Morgan fingerprint density at radius 1 is 1.19 bits per heavy atom. The van der Waals surface area contributed by atoms with Gasteiger partial charge in [0.05, 0.1) is 5.92 Å². The van der Waals surface area contributed by atoms with Gasteiger partial charge in [-0.05, 0) is 83.3 Å². The van der Waals surface area contributed by atoms with Crippen LogP contribution >= 0.6 is 0 Å². The third-order valence-corrected chi connectivity index (χ3v) is 6.03. The lowest BCUT2D eigenvalue weighted by molar-refractivity contribution is -0.127. The Hall–Kier alpha value is -1.46. The molecule has 2 saturated heterocycles. The summed E-state index contributed by atoms with van der Waals surface area (Å²) in [6, 6.07) is 5.34. The summed E-state index contributed by atoms with van der Waals surface area (Å²) in [5.74, 6) is 0.396. The van der Waals surface area contributed by atoms with Crippen molar-refractivity contribution in [2.24, 2.45) is 5.92 Å². The van der Waals surface area contributed by atoms with E-state index in [0.29, 0.717) is 18.6 Å². The molecule has 1 atom stereocenters. The first-order valence-electron chi connectivity index (χ1n) is 10.3. The molecule has 0 aliphatic carbocycles. The maximum absolute atomic E-state index is 12.6. The highest BCUT2D eigenvalue weighted by Gasteiger charge is 2.31. The Bertz CT molecular complexity index is 554. The van der Waals surface area contributed by atoms with E-state index in [-0.39, 0.29) is 11.8 Å². The van der Waals surface area contributed by atoms with Gasteiger partial charge in [-0.2, -0.15) is 0 Å². The summed E-state index contributed by atoms with van der Waals surface area (Å²) in [6.07, 6.45) is 9.15. The van der Waals surface area contributed by atoms with E-state index in [9.17, 15) is 4.79 Å². The fourth-order valence-corrected chi connectivity index (χ4v) is 4.34. The highest BCUT2D eigenvalue weighted by molar-refractivity contribution is 5.79. The second kappa shape index (κ2) is 9.47. The van der Waals surface area contributed by atoms with E-state index in [0.717, 1.165) is 32.4 Å². The molecule has 1 unspecified atom stereocenters. The van der Waals surface area contributed by atoms with Crippen LogP contribution in [0.15, 0.2) is 24.5 Å². The lowest BCUT2D eigenvalue weighted by Crippen LogP contribution is -2.51. The summed E-state index contributed by atoms with van der Waals surface area (Å²) in [6.45, 7) is 9.77. The van der Waals surface area contributed by atoms with Crippen LogP contribution in [0.3, 0.4) is 0 Å². The third-order valence-electron chi connectivity index (χ3n) is 6.03. The molecular formula is C21H34N4O. The number of hydrogen-bond donors (Lipinski definition) is 1. The zero-order valence-corrected chi connectivity index (χ0v) is 16.4. The molecule has 1 N–H and O–H groups in total. The monoisotopic (exact) mass is 358 g/mol. The van der Waals surface area contributed by atoms with Crippen molar-refractivity contribution in [3.8, 4) is 0 Å². The summed E-state index contributed by atoms with van der Waals surface area (Å²) in [5, 5.41) is 3.15. The predicted molar refractivity (Wildman–Crippen MR) is 105 cm³/mol. The van der Waals surface area contributed by atoms with Crippen molar-refractivity contribution >= 4 is 5.91 Å². The normalized spacial score (nSPS) is 23.3. The minimum absolute atomic E-state index is 0.157. The maximum Gasteiger partial charge on any atom is 0.224 e. The molecule has 0 aromatic carbocycles. The van der Waals surface area contributed by atoms with Crippen LogP contribution in [0, 0.1) is 5.92 Å². The first-order chi connectivity index (χ1) is 12.6. The number of pyridine rings is 1. The summed E-state index contributed by atoms with van der Waals surface area (Å²) in [5.41, 5.74) is 1.22. The molecule has 1 aromatic rings. The maximum atomic E-state index is 12.6. The highest BCUT2D eigenvalue weighted by Crippen LogP contribution is 2.24. The van der Waals surface area contributed by atoms with Crippen LogP contribution in [0.4, 0.5) is 0 Å². The van der Waals surface area contributed by atoms with Gasteiger partial charge in [0, 0.05) is 37.6 Å². The molecule has 0 bridgehead atoms. The Labute approximate surface area is 158 Å². The van der Waals surface area contributed by atoms with Crippen molar-refractivity contribution < 1.29 is 4.79 Å². The zero-order chi connectivity index (χ0) is 18.4. The summed E-state index contributed by atoms with van der Waals surface area (Å²) >= 11 is 0. The van der Waals surface area contributed by atoms with E-state index in [1.165, 1.54) is 31.5 Å². The van der Waals surface area contributed by atoms with Gasteiger partial charge in [0.1, 0.15) is 0 Å². The molecule has 2 aliphatic rings. The second-order valence-corrected chi connectivity index (χ2v) is 8.09. The molecular weight excluding hydrogens is 324 g/mol. The molecule has 3 rings (SSSR count). The van der Waals surface area contributed by atoms with Crippen molar-refractivity contribution in [2.45, 2.75) is 58.0 Å². The number of nitrogens with zero attached hydrogens (tertiary/aromatic N) is 3. The number of piperidine rings is 2. The first kappa shape index (κ1) is 19.3. The third kappa shape index (κ3) is 5.27. The SMILES string of the molecule is CC(C)N1CCC(N2CCCC(C(=O)NCCc3ccncc3)C2)CC1. The highest BCUT2D eigenvalue weighted by atomic mass is 16.1. The molecule has 5 nitrogen and oxygen atoms in total. The molecule has 0 saturated carbocycles. The lowest BCUT2D eigenvalue weighted by Gasteiger charge is -2.43. The van der Waals surface area contributed by atoms with Crippen molar-refractivity contribution in [3.05, 3.63) is 30.1 Å². The number of likely N-dealkylation sites (tertiary alicyclic amines) is 2. The van der Waals surface area contributed by atoms with Crippen LogP contribution in [0.2, 0.25) is 0 Å². The number of amides is 1. The fourth-order valence-electron chi connectivity index (χ4n) is 4.34. The largest absolute Gasteiger partial charge is 0.355 e. The van der Waals surface area contributed by atoms with Crippen molar-refractivity contribution in [1.82, 2.24) is 20.1 Å². The summed E-state index contributed by atoms with van der Waals surface area (Å²) in [4.78, 5) is 21.8. The number of rotatable bonds is 6. The quantitative estimate of drug-likeness (QED) is 0.848. The second-order valence-electron chi connectivity index (χ2n) is 8.09. The summed E-state index contributed by atoms with van der Waals surface area (Å²) < 4.78 is 0. The van der Waals surface area contributed by atoms with Gasteiger partial charge in [0.2, 0.25) is 5.91 Å². The average molecular weight is 359 g/mol. The van der Waals surface area contributed by atoms with Gasteiger partial charge in [-0.1, -0.05) is 0 Å². The Morgan fingerprint density at radius 2 is 1.92 bits per heavy atom. The minimum atomic E-state index is 0.157. The molecule has 0 radical (unpaired) electrons. The molecule has 2 aliphatic heterocycles. The van der Waals surface area contributed by atoms with Crippen molar-refractivity contribution in [3.63, 3.8) is 0 Å². The molecule has 0 spiro atoms. The van der Waals surface area contributed by atoms with Crippen LogP contribution in [-0.2, 0) is 11.2 Å². The molecule has 5 heteroatoms. The van der Waals surface area contributed by atoms with E-state index in [1.54, 1.807) is 12.4 Å². The van der Waals surface area contributed by atoms with E-state index in [4.69, 9.17) is 0 Å². The summed E-state index contributed by atoms with van der Waals surface area (Å²) in [7, 11) is 0. The molecule has 2 fully saturated rings. The predicted octanol–water partition coefficient (Wildman–Crippen LogP) is 2.33. The molecule has 3 heterocycles. The van der Waals surface area contributed by atoms with E-state index in [2.05, 4.69) is 33.9 Å². The smallest absolute Gasteiger partial charge is 0.224 e. The van der Waals surface area contributed by atoms with Crippen LogP contribution in [-0.4, -0.2) is 65.5 Å². The van der Waals surface area contributed by atoms with Crippen LogP contribution in [0.5, 0.6) is 0 Å². The lowest BCUT2D eigenvalue weighted by atomic mass is 9.93. The van der Waals surface area contributed by atoms with Crippen molar-refractivity contribution in [1.29, 1.82) is 0 Å². The van der Waals surface area contributed by atoms with Crippen LogP contribution in [0.25, 0.3) is 0 Å². The van der Waals surface area contributed by atoms with E-state index in [1.807, 2.05) is 12.1 Å². The van der Waals surface area contributed by atoms with Gasteiger partial charge in [-0.15, -0.1) is 0 Å². The number of nitrogens with one attached hydrogen (secondary N) is 1. The number of carbonyl (C=O) groups is 1. The van der Waals surface area contributed by atoms with Crippen LogP contribution in [0.1, 0.15) is 45.1 Å². The van der Waals surface area contributed by atoms with Gasteiger partial charge >= 0.3 is 0 Å². The Morgan fingerprint density at radius 3 is 2.62 bits per heavy atom. The van der Waals surface area contributed by atoms with Crippen molar-refractivity contribution in [2.75, 3.05) is 32.7 Å². The molecule has 26 heavy (non-hydrogen) atoms. The Balaban J connectivity index is 1.42. The average Bonchev–Trinajstić information content (AvgIpc) is 2.69. The van der Waals surface area contributed by atoms with Gasteiger partial charge in [0.15, 0.2) is 0 Å². The number of hydrogen-bond acceptors (Lipinski definition) is 4. The molecule has 1 aromatic heterocycles. The number of aromatic nitrogens is 1. The first-order valence-corrected chi connectivity index (χ1v) is 10.3. The van der Waals surface area contributed by atoms with E-state index < -0.39 is 0 Å². The molecule has 1 amide bonds. The number of carbonyl (C=O) groups excluding carboxylic acids is 1. The fraction of sp³-hybridized carbons (Fsp3) is 0.714. The zero-order valence-electron chi connectivity index (χ0n) is 16.4. The topological polar surface area (TPSA) is 48.5 Å². The van der Waals surface area contributed by atoms with Gasteiger partial charge in [0.25, 0.3) is 0 Å². The standard InChI is InChI=1S/C21H34N4O/c1-17(2)24-14-8-20(9-15-24)25-13-3-4-19(16-25)21(26)23-12-7-18-5-10-22-11-6-18/h5-6,10-11,17,19-20H,3-4,7-9,12-16H2,1-2H3,(H,23,26). The minimum Gasteiger partial charge on any atom is -0.355 e. The molecule has 144 valence electrons. The van der Waals surface area contributed by atoms with Gasteiger partial charge in [-0.25, -0.2) is 0 Å². The van der Waals surface area contributed by atoms with Crippen LogP contribution < -0.4 is 5.32 Å².